The lowest BCUT2D eigenvalue weighted by atomic mass is 9.81. The Balaban J connectivity index is 3.15. The summed E-state index contributed by atoms with van der Waals surface area (Å²) in [5.41, 5.74) is 12.8. The predicted molar refractivity (Wildman–Crippen MR) is 106 cm³/mol. The molecule has 2 aromatic rings. The van der Waals surface area contributed by atoms with Crippen molar-refractivity contribution in [2.24, 2.45) is 0 Å². The Labute approximate surface area is 141 Å². The number of rotatable bonds is 2. The molecule has 0 saturated carbocycles. The Hall–Kier alpha value is -1.82. The highest BCUT2D eigenvalue weighted by Gasteiger charge is 2.19. The van der Waals surface area contributed by atoms with Crippen molar-refractivity contribution in [1.29, 1.82) is 0 Å². The molecule has 0 aromatic heterocycles. The SMILES string of the molecule is CC=CC=C(C)c1c(C)c(C)c(C)c2c(C)c(C)c(C)c(C)c12. The zero-order valence-corrected chi connectivity index (χ0v) is 16.2. The molecule has 0 heterocycles. The van der Waals surface area contributed by atoms with E-state index in [1.807, 2.05) is 0 Å². The second-order valence-corrected chi connectivity index (χ2v) is 6.88. The van der Waals surface area contributed by atoms with Crippen molar-refractivity contribution >= 4 is 16.3 Å². The van der Waals surface area contributed by atoms with Crippen LogP contribution in [-0.2, 0) is 0 Å². The van der Waals surface area contributed by atoms with Gasteiger partial charge in [-0.3, -0.25) is 0 Å². The lowest BCUT2D eigenvalue weighted by Crippen LogP contribution is -2.03. The van der Waals surface area contributed by atoms with E-state index in [1.165, 1.54) is 60.9 Å². The molecule has 2 aromatic carbocycles. The van der Waals surface area contributed by atoms with Gasteiger partial charge in [-0.15, -0.1) is 0 Å². The second kappa shape index (κ2) is 6.35. The van der Waals surface area contributed by atoms with Gasteiger partial charge in [-0.05, 0) is 123 Å². The van der Waals surface area contributed by atoms with E-state index in [0.29, 0.717) is 0 Å². The van der Waals surface area contributed by atoms with Crippen molar-refractivity contribution < 1.29 is 0 Å². The molecule has 0 aliphatic rings. The molecule has 0 amide bonds. The second-order valence-electron chi connectivity index (χ2n) is 6.88. The standard InChI is InChI=1S/C23H30/c1-10-11-12-13(2)21-17(6)16(5)19(8)22-18(7)14(3)15(4)20(9)23(21)22/h10-12H,1-9H3. The van der Waals surface area contributed by atoms with Crippen molar-refractivity contribution in [3.8, 4) is 0 Å². The molecule has 0 radical (unpaired) electrons. The minimum Gasteiger partial charge on any atom is -0.0877 e. The van der Waals surface area contributed by atoms with Crippen LogP contribution in [0.5, 0.6) is 0 Å². The molecular formula is C23H30. The van der Waals surface area contributed by atoms with Crippen LogP contribution >= 0.6 is 0 Å². The third kappa shape index (κ3) is 2.65. The number of benzene rings is 2. The van der Waals surface area contributed by atoms with Crippen LogP contribution in [0.15, 0.2) is 18.2 Å². The summed E-state index contributed by atoms with van der Waals surface area (Å²) in [6.45, 7) is 20.2. The lowest BCUT2D eigenvalue weighted by Gasteiger charge is -2.23. The van der Waals surface area contributed by atoms with Gasteiger partial charge < -0.3 is 0 Å². The van der Waals surface area contributed by atoms with E-state index in [1.54, 1.807) is 0 Å². The van der Waals surface area contributed by atoms with Crippen LogP contribution in [0, 0.1) is 48.5 Å². The van der Waals surface area contributed by atoms with E-state index in [4.69, 9.17) is 0 Å². The van der Waals surface area contributed by atoms with Gasteiger partial charge in [0.05, 0.1) is 0 Å². The molecule has 2 rings (SSSR count). The summed E-state index contributed by atoms with van der Waals surface area (Å²) < 4.78 is 0. The van der Waals surface area contributed by atoms with Gasteiger partial charge in [0.15, 0.2) is 0 Å². The number of fused-ring (bicyclic) bond motifs is 1. The first-order valence-corrected chi connectivity index (χ1v) is 8.53. The maximum Gasteiger partial charge on any atom is -0.00684 e. The quantitative estimate of drug-likeness (QED) is 0.525. The third-order valence-corrected chi connectivity index (χ3v) is 5.75. The average Bonchev–Trinajstić information content (AvgIpc) is 2.53. The molecule has 0 N–H and O–H groups in total. The highest BCUT2D eigenvalue weighted by atomic mass is 14.2. The van der Waals surface area contributed by atoms with Crippen LogP contribution in [0.4, 0.5) is 0 Å². The van der Waals surface area contributed by atoms with Crippen molar-refractivity contribution in [2.45, 2.75) is 62.3 Å². The van der Waals surface area contributed by atoms with Gasteiger partial charge in [-0.2, -0.15) is 0 Å². The first-order valence-electron chi connectivity index (χ1n) is 8.53. The molecule has 0 unspecified atom stereocenters. The average molecular weight is 306 g/mol. The van der Waals surface area contributed by atoms with E-state index < -0.39 is 0 Å². The van der Waals surface area contributed by atoms with E-state index in [2.05, 4.69) is 80.5 Å². The van der Waals surface area contributed by atoms with Crippen molar-refractivity contribution in [3.05, 3.63) is 62.7 Å². The molecule has 23 heavy (non-hydrogen) atoms. The van der Waals surface area contributed by atoms with Gasteiger partial charge in [0, 0.05) is 0 Å². The van der Waals surface area contributed by atoms with E-state index in [-0.39, 0.29) is 0 Å². The fourth-order valence-corrected chi connectivity index (χ4v) is 3.75. The molecule has 122 valence electrons. The van der Waals surface area contributed by atoms with Crippen LogP contribution in [0.1, 0.15) is 58.4 Å². The molecular weight excluding hydrogens is 276 g/mol. The number of allylic oxidation sites excluding steroid dienone is 4. The van der Waals surface area contributed by atoms with Gasteiger partial charge in [0.25, 0.3) is 0 Å². The summed E-state index contributed by atoms with van der Waals surface area (Å²) in [6, 6.07) is 0. The molecule has 0 bridgehead atoms. The summed E-state index contributed by atoms with van der Waals surface area (Å²) in [7, 11) is 0. The minimum absolute atomic E-state index is 1.35. The minimum atomic E-state index is 1.35. The van der Waals surface area contributed by atoms with Crippen LogP contribution in [0.25, 0.3) is 16.3 Å². The van der Waals surface area contributed by atoms with Crippen LogP contribution in [-0.4, -0.2) is 0 Å². The summed E-state index contributed by atoms with van der Waals surface area (Å²) in [5.74, 6) is 0. The van der Waals surface area contributed by atoms with E-state index in [9.17, 15) is 0 Å². The first kappa shape index (κ1) is 17.5. The molecule has 0 aliphatic heterocycles. The number of hydrogen-bond donors (Lipinski definition) is 0. The largest absolute Gasteiger partial charge is 0.0877 e. The van der Waals surface area contributed by atoms with E-state index >= 15 is 0 Å². The Morgan fingerprint density at radius 2 is 1.04 bits per heavy atom. The van der Waals surface area contributed by atoms with E-state index in [0.717, 1.165) is 0 Å². The maximum atomic E-state index is 2.28. The topological polar surface area (TPSA) is 0 Å². The smallest absolute Gasteiger partial charge is 0.00684 e. The fraction of sp³-hybridized carbons (Fsp3) is 0.391. The predicted octanol–water partition coefficient (Wildman–Crippen LogP) is 6.98. The molecule has 0 atom stereocenters. The highest BCUT2D eigenvalue weighted by molar-refractivity contribution is 6.02. The molecule has 0 spiro atoms. The zero-order valence-electron chi connectivity index (χ0n) is 16.2. The molecule has 0 aliphatic carbocycles. The molecule has 0 heteroatoms. The lowest BCUT2D eigenvalue weighted by molar-refractivity contribution is 1.21. The van der Waals surface area contributed by atoms with Crippen molar-refractivity contribution in [3.63, 3.8) is 0 Å². The number of hydrogen-bond acceptors (Lipinski definition) is 0. The Bertz CT molecular complexity index is 835. The summed E-state index contributed by atoms with van der Waals surface area (Å²) in [5, 5.41) is 2.90. The van der Waals surface area contributed by atoms with Gasteiger partial charge in [-0.25, -0.2) is 0 Å². The van der Waals surface area contributed by atoms with Crippen LogP contribution in [0.3, 0.4) is 0 Å². The summed E-state index contributed by atoms with van der Waals surface area (Å²) >= 11 is 0. The normalized spacial score (nSPS) is 12.7. The molecule has 0 nitrogen and oxygen atoms in total. The van der Waals surface area contributed by atoms with Gasteiger partial charge in [0.2, 0.25) is 0 Å². The fourth-order valence-electron chi connectivity index (χ4n) is 3.75. The van der Waals surface area contributed by atoms with Crippen molar-refractivity contribution in [1.82, 2.24) is 0 Å². The Morgan fingerprint density at radius 3 is 1.52 bits per heavy atom. The molecule has 0 saturated heterocycles. The third-order valence-electron chi connectivity index (χ3n) is 5.75. The Morgan fingerprint density at radius 1 is 0.609 bits per heavy atom. The Kier molecular flexibility index (Phi) is 4.84. The summed E-state index contributed by atoms with van der Waals surface area (Å²) in [6.07, 6.45) is 6.47. The highest BCUT2D eigenvalue weighted by Crippen LogP contribution is 2.39. The maximum absolute atomic E-state index is 2.28. The zero-order chi connectivity index (χ0) is 17.5. The van der Waals surface area contributed by atoms with Gasteiger partial charge in [-0.1, -0.05) is 18.2 Å². The monoisotopic (exact) mass is 306 g/mol. The van der Waals surface area contributed by atoms with Crippen molar-refractivity contribution in [2.75, 3.05) is 0 Å². The first-order chi connectivity index (χ1) is 10.7. The van der Waals surface area contributed by atoms with Gasteiger partial charge in [0.1, 0.15) is 0 Å². The number of aryl methyl sites for hydroxylation is 3. The van der Waals surface area contributed by atoms with Crippen LogP contribution in [0.2, 0.25) is 0 Å². The summed E-state index contributed by atoms with van der Waals surface area (Å²) in [4.78, 5) is 0. The van der Waals surface area contributed by atoms with Crippen LogP contribution < -0.4 is 0 Å². The van der Waals surface area contributed by atoms with Gasteiger partial charge >= 0.3 is 0 Å². The molecule has 0 fully saturated rings.